The average molecular weight is 271 g/mol. The van der Waals surface area contributed by atoms with Crippen LogP contribution >= 0.6 is 11.8 Å². The van der Waals surface area contributed by atoms with Crippen molar-refractivity contribution in [3.8, 4) is 0 Å². The lowest BCUT2D eigenvalue weighted by Crippen LogP contribution is -2.34. The average Bonchev–Trinajstić information content (AvgIpc) is 2.38. The Labute approximate surface area is 111 Å². The van der Waals surface area contributed by atoms with Crippen molar-refractivity contribution in [1.82, 2.24) is 5.32 Å². The Balaban J connectivity index is 1.87. The molecule has 0 amide bonds. The molecule has 0 aromatic heterocycles. The van der Waals surface area contributed by atoms with Crippen molar-refractivity contribution in [2.24, 2.45) is 0 Å². The summed E-state index contributed by atoms with van der Waals surface area (Å²) < 4.78 is 26.2. The highest BCUT2D eigenvalue weighted by Gasteiger charge is 2.20. The molecule has 0 heterocycles. The molecular weight excluding hydrogens is 252 g/mol. The lowest BCUT2D eigenvalue weighted by molar-refractivity contribution is 0.377. The molecule has 18 heavy (non-hydrogen) atoms. The highest BCUT2D eigenvalue weighted by atomic mass is 32.2. The smallest absolute Gasteiger partial charge is 0.130 e. The Morgan fingerprint density at radius 3 is 2.89 bits per heavy atom. The van der Waals surface area contributed by atoms with Gasteiger partial charge in [-0.05, 0) is 31.6 Å². The zero-order chi connectivity index (χ0) is 13.0. The molecule has 0 radical (unpaired) electrons. The maximum Gasteiger partial charge on any atom is 0.130 e. The van der Waals surface area contributed by atoms with Crippen LogP contribution in [0.3, 0.4) is 0 Å². The highest BCUT2D eigenvalue weighted by Crippen LogP contribution is 2.27. The van der Waals surface area contributed by atoms with Gasteiger partial charge < -0.3 is 5.32 Å². The van der Waals surface area contributed by atoms with E-state index < -0.39 is 11.6 Å². The van der Waals surface area contributed by atoms with E-state index in [2.05, 4.69) is 11.6 Å². The van der Waals surface area contributed by atoms with E-state index in [0.29, 0.717) is 23.4 Å². The first-order valence-corrected chi connectivity index (χ1v) is 7.68. The van der Waals surface area contributed by atoms with Crippen molar-refractivity contribution in [1.29, 1.82) is 0 Å². The Bertz CT molecular complexity index is 397. The van der Waals surface area contributed by atoms with Gasteiger partial charge in [0.15, 0.2) is 0 Å². The third-order valence-corrected chi connectivity index (χ3v) is 4.65. The van der Waals surface area contributed by atoms with Crippen LogP contribution in [0.1, 0.15) is 31.2 Å². The first kappa shape index (κ1) is 13.8. The van der Waals surface area contributed by atoms with Crippen LogP contribution in [0.4, 0.5) is 8.78 Å². The summed E-state index contributed by atoms with van der Waals surface area (Å²) in [6, 6.07) is 4.24. The van der Waals surface area contributed by atoms with Gasteiger partial charge in [0.1, 0.15) is 11.6 Å². The molecule has 1 fully saturated rings. The fraction of sp³-hybridized carbons (Fsp3) is 0.571. The maximum atomic E-state index is 13.5. The minimum Gasteiger partial charge on any atom is -0.310 e. The van der Waals surface area contributed by atoms with E-state index in [4.69, 9.17) is 0 Å². The molecule has 2 unspecified atom stereocenters. The third-order valence-electron chi connectivity index (χ3n) is 3.56. The van der Waals surface area contributed by atoms with Gasteiger partial charge >= 0.3 is 0 Å². The number of benzene rings is 1. The number of thioether (sulfide) groups is 1. The fourth-order valence-electron chi connectivity index (χ4n) is 2.46. The van der Waals surface area contributed by atoms with E-state index in [9.17, 15) is 8.78 Å². The molecule has 1 saturated carbocycles. The Morgan fingerprint density at radius 1 is 1.33 bits per heavy atom. The Kier molecular flexibility index (Phi) is 5.01. The zero-order valence-corrected chi connectivity index (χ0v) is 11.4. The lowest BCUT2D eigenvalue weighted by atomic mass is 9.95. The summed E-state index contributed by atoms with van der Waals surface area (Å²) in [7, 11) is 0. The van der Waals surface area contributed by atoms with Gasteiger partial charge in [0.25, 0.3) is 0 Å². The van der Waals surface area contributed by atoms with E-state index in [0.717, 1.165) is 18.9 Å². The molecule has 1 aromatic carbocycles. The van der Waals surface area contributed by atoms with Crippen molar-refractivity contribution in [2.45, 2.75) is 43.5 Å². The molecule has 100 valence electrons. The second-order valence-corrected chi connectivity index (χ2v) is 5.98. The van der Waals surface area contributed by atoms with Crippen LogP contribution in [0.2, 0.25) is 0 Å². The summed E-state index contributed by atoms with van der Waals surface area (Å²) in [6.45, 7) is 0.484. The number of nitrogens with one attached hydrogen (secondary N) is 1. The van der Waals surface area contributed by atoms with Gasteiger partial charge in [-0.25, -0.2) is 8.78 Å². The normalized spacial score (nSPS) is 24.2. The lowest BCUT2D eigenvalue weighted by Gasteiger charge is -2.28. The number of hydrogen-bond donors (Lipinski definition) is 1. The topological polar surface area (TPSA) is 12.0 Å². The molecule has 1 aliphatic carbocycles. The van der Waals surface area contributed by atoms with Crippen molar-refractivity contribution in [3.05, 3.63) is 35.4 Å². The van der Waals surface area contributed by atoms with Gasteiger partial charge in [0, 0.05) is 29.5 Å². The minimum atomic E-state index is -0.517. The maximum absolute atomic E-state index is 13.5. The van der Waals surface area contributed by atoms with E-state index >= 15 is 0 Å². The van der Waals surface area contributed by atoms with Crippen molar-refractivity contribution < 1.29 is 8.78 Å². The van der Waals surface area contributed by atoms with Gasteiger partial charge in [0.05, 0.1) is 0 Å². The predicted molar refractivity (Wildman–Crippen MR) is 72.8 cm³/mol. The van der Waals surface area contributed by atoms with E-state index in [1.807, 2.05) is 11.8 Å². The van der Waals surface area contributed by atoms with Crippen LogP contribution in [-0.4, -0.2) is 17.5 Å². The summed E-state index contributed by atoms with van der Waals surface area (Å²) >= 11 is 1.91. The van der Waals surface area contributed by atoms with E-state index in [1.54, 1.807) is 0 Å². The number of hydrogen-bond acceptors (Lipinski definition) is 2. The molecule has 1 N–H and O–H groups in total. The molecule has 1 aromatic rings. The molecular formula is C14H19F2NS. The molecule has 0 spiro atoms. The van der Waals surface area contributed by atoms with Crippen molar-refractivity contribution >= 4 is 11.8 Å². The van der Waals surface area contributed by atoms with Gasteiger partial charge in [-0.3, -0.25) is 0 Å². The van der Waals surface area contributed by atoms with Gasteiger partial charge in [-0.15, -0.1) is 0 Å². The van der Waals surface area contributed by atoms with Gasteiger partial charge in [-0.2, -0.15) is 11.8 Å². The second-order valence-electron chi connectivity index (χ2n) is 4.84. The molecule has 0 bridgehead atoms. The SMILES string of the molecule is CSC1CCCC(NCc2ccc(F)cc2F)C1. The molecule has 0 saturated heterocycles. The quantitative estimate of drug-likeness (QED) is 0.895. The standard InChI is InChI=1S/C14H19F2NS/c1-18-13-4-2-3-12(8-13)17-9-10-5-6-11(15)7-14(10)16/h5-7,12-13,17H,2-4,8-9H2,1H3. The van der Waals surface area contributed by atoms with Crippen molar-refractivity contribution in [2.75, 3.05) is 6.26 Å². The van der Waals surface area contributed by atoms with E-state index in [1.165, 1.54) is 25.0 Å². The van der Waals surface area contributed by atoms with Crippen LogP contribution in [0, 0.1) is 11.6 Å². The molecule has 0 aliphatic heterocycles. The number of rotatable bonds is 4. The summed E-state index contributed by atoms with van der Waals surface area (Å²) in [5, 5.41) is 4.10. The molecule has 1 nitrogen and oxygen atoms in total. The van der Waals surface area contributed by atoms with Crippen molar-refractivity contribution in [3.63, 3.8) is 0 Å². The summed E-state index contributed by atoms with van der Waals surface area (Å²) in [5.74, 6) is -0.976. The van der Waals surface area contributed by atoms with Gasteiger partial charge in [-0.1, -0.05) is 12.5 Å². The zero-order valence-electron chi connectivity index (χ0n) is 10.6. The first-order chi connectivity index (χ1) is 8.69. The summed E-state index contributed by atoms with van der Waals surface area (Å²) in [4.78, 5) is 0. The molecule has 1 aliphatic rings. The Hall–Kier alpha value is -0.610. The highest BCUT2D eigenvalue weighted by molar-refractivity contribution is 7.99. The first-order valence-electron chi connectivity index (χ1n) is 6.39. The summed E-state index contributed by atoms with van der Waals surface area (Å²) in [6.07, 6.45) is 6.95. The number of halogens is 2. The van der Waals surface area contributed by atoms with E-state index in [-0.39, 0.29) is 0 Å². The predicted octanol–water partition coefficient (Wildman–Crippen LogP) is 3.73. The van der Waals surface area contributed by atoms with Gasteiger partial charge in [0.2, 0.25) is 0 Å². The second kappa shape index (κ2) is 6.53. The third kappa shape index (κ3) is 3.69. The molecule has 2 rings (SSSR count). The largest absolute Gasteiger partial charge is 0.310 e. The van der Waals surface area contributed by atoms with Crippen LogP contribution in [0.5, 0.6) is 0 Å². The summed E-state index contributed by atoms with van der Waals surface area (Å²) in [5.41, 5.74) is 0.544. The molecule has 4 heteroatoms. The van der Waals surface area contributed by atoms with Crippen LogP contribution in [-0.2, 0) is 6.54 Å². The fourth-order valence-corrected chi connectivity index (χ4v) is 3.29. The van der Waals surface area contributed by atoms with Crippen LogP contribution < -0.4 is 5.32 Å². The Morgan fingerprint density at radius 2 is 2.17 bits per heavy atom. The molecule has 2 atom stereocenters. The monoisotopic (exact) mass is 271 g/mol. The van der Waals surface area contributed by atoms with Crippen LogP contribution in [0.15, 0.2) is 18.2 Å². The minimum absolute atomic E-state index is 0.459. The van der Waals surface area contributed by atoms with Crippen LogP contribution in [0.25, 0.3) is 0 Å².